The van der Waals surface area contributed by atoms with Crippen molar-refractivity contribution >= 4 is 29.2 Å². The Morgan fingerprint density at radius 2 is 2.18 bits per heavy atom. The standard InChI is InChI=1S/C6H10Cl2O3/c1-4(9)11-3-2-5(10)6(7)8/h5-6,10H,2-3H2,1H3. The Labute approximate surface area is 75.2 Å². The highest BCUT2D eigenvalue weighted by atomic mass is 35.5. The fourth-order valence-electron chi connectivity index (χ4n) is 0.449. The summed E-state index contributed by atoms with van der Waals surface area (Å²) in [6.45, 7) is 1.44. The summed E-state index contributed by atoms with van der Waals surface area (Å²) in [5.74, 6) is -0.377. The van der Waals surface area contributed by atoms with Crippen molar-refractivity contribution in [2.75, 3.05) is 6.61 Å². The van der Waals surface area contributed by atoms with E-state index in [0.717, 1.165) is 0 Å². The van der Waals surface area contributed by atoms with Crippen LogP contribution in [0.25, 0.3) is 0 Å². The number of carbonyl (C=O) groups excluding carboxylic acids is 1. The lowest BCUT2D eigenvalue weighted by molar-refractivity contribution is -0.141. The SMILES string of the molecule is CC(=O)OCCC(O)C(Cl)Cl. The first kappa shape index (κ1) is 11.0. The zero-order chi connectivity index (χ0) is 8.85. The van der Waals surface area contributed by atoms with Crippen LogP contribution in [0.15, 0.2) is 0 Å². The number of rotatable bonds is 4. The van der Waals surface area contributed by atoms with Gasteiger partial charge in [0, 0.05) is 13.3 Å². The molecule has 0 fully saturated rings. The minimum absolute atomic E-state index is 0.145. The molecular weight excluding hydrogens is 191 g/mol. The van der Waals surface area contributed by atoms with E-state index in [-0.39, 0.29) is 19.0 Å². The van der Waals surface area contributed by atoms with Gasteiger partial charge in [-0.2, -0.15) is 0 Å². The summed E-state index contributed by atoms with van der Waals surface area (Å²) < 4.78 is 4.55. The van der Waals surface area contributed by atoms with Gasteiger partial charge in [-0.15, -0.1) is 23.2 Å². The molecule has 0 aliphatic rings. The summed E-state index contributed by atoms with van der Waals surface area (Å²) in [4.78, 5) is 9.40. The lowest BCUT2D eigenvalue weighted by Gasteiger charge is -2.09. The number of hydrogen-bond donors (Lipinski definition) is 1. The van der Waals surface area contributed by atoms with Crippen molar-refractivity contribution < 1.29 is 14.6 Å². The highest BCUT2D eigenvalue weighted by Crippen LogP contribution is 2.10. The van der Waals surface area contributed by atoms with E-state index in [9.17, 15) is 4.79 Å². The van der Waals surface area contributed by atoms with Crippen LogP contribution in [-0.4, -0.2) is 28.6 Å². The lowest BCUT2D eigenvalue weighted by Crippen LogP contribution is -2.18. The number of aliphatic hydroxyl groups excluding tert-OH is 1. The Morgan fingerprint density at radius 1 is 1.64 bits per heavy atom. The maximum atomic E-state index is 10.2. The normalized spacial score (nSPS) is 13.2. The number of carbonyl (C=O) groups is 1. The van der Waals surface area contributed by atoms with E-state index in [2.05, 4.69) is 4.74 Å². The zero-order valence-corrected chi connectivity index (χ0v) is 7.60. The fraction of sp³-hybridized carbons (Fsp3) is 0.833. The van der Waals surface area contributed by atoms with Crippen LogP contribution >= 0.6 is 23.2 Å². The molecule has 1 atom stereocenters. The molecule has 0 radical (unpaired) electrons. The maximum Gasteiger partial charge on any atom is 0.302 e. The second kappa shape index (κ2) is 5.63. The van der Waals surface area contributed by atoms with Crippen molar-refractivity contribution in [3.05, 3.63) is 0 Å². The zero-order valence-electron chi connectivity index (χ0n) is 6.09. The van der Waals surface area contributed by atoms with Gasteiger partial charge in [-0.3, -0.25) is 4.79 Å². The van der Waals surface area contributed by atoms with Crippen molar-refractivity contribution in [3.8, 4) is 0 Å². The molecule has 3 nitrogen and oxygen atoms in total. The molecule has 0 amide bonds. The van der Waals surface area contributed by atoms with Crippen molar-refractivity contribution in [2.24, 2.45) is 0 Å². The molecule has 0 aliphatic heterocycles. The van der Waals surface area contributed by atoms with E-state index in [1.807, 2.05) is 0 Å². The first-order valence-electron chi connectivity index (χ1n) is 3.13. The molecule has 5 heteroatoms. The third-order valence-corrected chi connectivity index (χ3v) is 1.59. The fourth-order valence-corrected chi connectivity index (χ4v) is 0.701. The van der Waals surface area contributed by atoms with Gasteiger partial charge in [-0.05, 0) is 0 Å². The second-order valence-corrected chi connectivity index (χ2v) is 3.19. The minimum Gasteiger partial charge on any atom is -0.466 e. The molecule has 1 N–H and O–H groups in total. The number of ether oxygens (including phenoxy) is 1. The van der Waals surface area contributed by atoms with E-state index in [1.165, 1.54) is 6.92 Å². The van der Waals surface area contributed by atoms with Crippen LogP contribution in [0.3, 0.4) is 0 Å². The van der Waals surface area contributed by atoms with E-state index in [1.54, 1.807) is 0 Å². The number of esters is 1. The van der Waals surface area contributed by atoms with Crippen molar-refractivity contribution in [1.82, 2.24) is 0 Å². The topological polar surface area (TPSA) is 46.5 Å². The monoisotopic (exact) mass is 200 g/mol. The Morgan fingerprint density at radius 3 is 2.55 bits per heavy atom. The average Bonchev–Trinajstić information content (AvgIpc) is 1.86. The molecule has 11 heavy (non-hydrogen) atoms. The molecule has 0 bridgehead atoms. The van der Waals surface area contributed by atoms with Gasteiger partial charge in [-0.25, -0.2) is 0 Å². The van der Waals surface area contributed by atoms with Crippen molar-refractivity contribution in [1.29, 1.82) is 0 Å². The first-order chi connectivity index (χ1) is 5.04. The quantitative estimate of drug-likeness (QED) is 0.547. The summed E-state index contributed by atoms with van der Waals surface area (Å²) in [6, 6.07) is 0. The average molecular weight is 201 g/mol. The van der Waals surface area contributed by atoms with Crippen molar-refractivity contribution in [3.63, 3.8) is 0 Å². The molecule has 0 saturated heterocycles. The van der Waals surface area contributed by atoms with Crippen LogP contribution in [0, 0.1) is 0 Å². The van der Waals surface area contributed by atoms with Crippen LogP contribution in [-0.2, 0) is 9.53 Å². The van der Waals surface area contributed by atoms with Crippen LogP contribution in [0.1, 0.15) is 13.3 Å². The Hall–Kier alpha value is 0.01000. The highest BCUT2D eigenvalue weighted by Gasteiger charge is 2.12. The summed E-state index contributed by atoms with van der Waals surface area (Å²) in [5, 5.41) is 8.98. The third kappa shape index (κ3) is 6.41. The lowest BCUT2D eigenvalue weighted by atomic mass is 10.3. The number of alkyl halides is 2. The largest absolute Gasteiger partial charge is 0.466 e. The summed E-state index contributed by atoms with van der Waals surface area (Å²) in [5.41, 5.74) is 0. The maximum absolute atomic E-state index is 10.2. The first-order valence-corrected chi connectivity index (χ1v) is 4.01. The molecule has 0 aromatic rings. The highest BCUT2D eigenvalue weighted by molar-refractivity contribution is 6.44. The number of halogens is 2. The summed E-state index contributed by atoms with van der Waals surface area (Å²) in [6.07, 6.45) is -0.574. The van der Waals surface area contributed by atoms with Gasteiger partial charge >= 0.3 is 5.97 Å². The molecule has 0 heterocycles. The van der Waals surface area contributed by atoms with E-state index in [4.69, 9.17) is 28.3 Å². The molecule has 0 rings (SSSR count). The van der Waals surface area contributed by atoms with Gasteiger partial charge < -0.3 is 9.84 Å². The Kier molecular flexibility index (Phi) is 5.64. The van der Waals surface area contributed by atoms with Crippen molar-refractivity contribution in [2.45, 2.75) is 24.3 Å². The van der Waals surface area contributed by atoms with Crippen LogP contribution in [0.2, 0.25) is 0 Å². The van der Waals surface area contributed by atoms with Gasteiger partial charge in [0.25, 0.3) is 0 Å². The van der Waals surface area contributed by atoms with Crippen LogP contribution < -0.4 is 0 Å². The molecule has 0 saturated carbocycles. The van der Waals surface area contributed by atoms with Crippen LogP contribution in [0.4, 0.5) is 0 Å². The molecule has 66 valence electrons. The molecule has 0 aromatic heterocycles. The second-order valence-electron chi connectivity index (χ2n) is 2.03. The summed E-state index contributed by atoms with van der Waals surface area (Å²) in [7, 11) is 0. The Balaban J connectivity index is 3.31. The van der Waals surface area contributed by atoms with E-state index in [0.29, 0.717) is 0 Å². The molecule has 1 unspecified atom stereocenters. The molecule has 0 aromatic carbocycles. The summed E-state index contributed by atoms with van der Waals surface area (Å²) >= 11 is 10.6. The van der Waals surface area contributed by atoms with Gasteiger partial charge in [0.2, 0.25) is 0 Å². The molecular formula is C6H10Cl2O3. The van der Waals surface area contributed by atoms with Gasteiger partial charge in [0.05, 0.1) is 12.7 Å². The number of aliphatic hydroxyl groups is 1. The predicted molar refractivity (Wildman–Crippen MR) is 42.8 cm³/mol. The van der Waals surface area contributed by atoms with Gasteiger partial charge in [0.1, 0.15) is 4.84 Å². The van der Waals surface area contributed by atoms with Gasteiger partial charge in [0.15, 0.2) is 0 Å². The van der Waals surface area contributed by atoms with Crippen LogP contribution in [0.5, 0.6) is 0 Å². The van der Waals surface area contributed by atoms with Gasteiger partial charge in [-0.1, -0.05) is 0 Å². The smallest absolute Gasteiger partial charge is 0.302 e. The molecule has 0 spiro atoms. The minimum atomic E-state index is -0.835. The van der Waals surface area contributed by atoms with E-state index < -0.39 is 10.9 Å². The molecule has 0 aliphatic carbocycles. The van der Waals surface area contributed by atoms with E-state index >= 15 is 0 Å². The predicted octanol–water partition coefficient (Wildman–Crippen LogP) is 1.10. The third-order valence-electron chi connectivity index (χ3n) is 1.01. The Bertz CT molecular complexity index is 127. The number of hydrogen-bond acceptors (Lipinski definition) is 3.